The minimum absolute atomic E-state index is 0.126. The summed E-state index contributed by atoms with van der Waals surface area (Å²) in [6.07, 6.45) is 0. The van der Waals surface area contributed by atoms with Crippen molar-refractivity contribution in [3.05, 3.63) is 69.0 Å². The molecule has 1 N–H and O–H groups in total. The number of nitro groups is 1. The first-order valence-electron chi connectivity index (χ1n) is 5.96. The van der Waals surface area contributed by atoms with E-state index in [2.05, 4.69) is 4.72 Å². The Balaban J connectivity index is 2.13. The van der Waals surface area contributed by atoms with Crippen LogP contribution in [-0.2, 0) is 15.8 Å². The van der Waals surface area contributed by atoms with Crippen LogP contribution in [-0.4, -0.2) is 13.3 Å². The smallest absolute Gasteiger partial charge is 0.269 e. The number of sulfonamides is 1. The molecule has 0 amide bonds. The fraction of sp³-hybridized carbons (Fsp3) is 0.0769. The summed E-state index contributed by atoms with van der Waals surface area (Å²) in [5, 5.41) is 10.3. The molecule has 0 unspecified atom stereocenters. The van der Waals surface area contributed by atoms with Crippen molar-refractivity contribution in [2.75, 3.05) is 4.72 Å². The average Bonchev–Trinajstić information content (AvgIpc) is 2.42. The molecule has 0 spiro atoms. The molecule has 0 radical (unpaired) electrons. The Morgan fingerprint density at radius 2 is 1.82 bits per heavy atom. The average molecular weight is 345 g/mol. The van der Waals surface area contributed by atoms with Crippen molar-refractivity contribution >= 4 is 33.0 Å². The molecule has 2 rings (SSSR count). The summed E-state index contributed by atoms with van der Waals surface area (Å²) in [6, 6.07) is 8.61. The molecular formula is C13H10ClFN2O4S. The summed E-state index contributed by atoms with van der Waals surface area (Å²) in [7, 11) is -3.75. The van der Waals surface area contributed by atoms with Gasteiger partial charge in [-0.05, 0) is 23.8 Å². The maximum atomic E-state index is 13.0. The van der Waals surface area contributed by atoms with Gasteiger partial charge in [-0.1, -0.05) is 23.7 Å². The highest BCUT2D eigenvalue weighted by atomic mass is 35.5. The molecule has 0 aliphatic carbocycles. The van der Waals surface area contributed by atoms with E-state index in [0.717, 1.165) is 12.1 Å². The summed E-state index contributed by atoms with van der Waals surface area (Å²) in [5.74, 6) is -1.03. The number of halogens is 2. The molecule has 2 aromatic carbocycles. The molecule has 0 bridgehead atoms. The van der Waals surface area contributed by atoms with Crippen LogP contribution >= 0.6 is 11.6 Å². The Hall–Kier alpha value is -2.19. The van der Waals surface area contributed by atoms with Crippen LogP contribution in [0.4, 0.5) is 15.8 Å². The van der Waals surface area contributed by atoms with E-state index in [1.807, 2.05) is 0 Å². The van der Waals surface area contributed by atoms with Gasteiger partial charge in [0.05, 0.1) is 21.4 Å². The molecule has 0 saturated carbocycles. The van der Waals surface area contributed by atoms with Crippen LogP contribution in [0.25, 0.3) is 0 Å². The zero-order valence-corrected chi connectivity index (χ0v) is 12.6. The predicted molar refractivity (Wildman–Crippen MR) is 80.8 cm³/mol. The first-order chi connectivity index (χ1) is 10.3. The fourth-order valence-electron chi connectivity index (χ4n) is 1.71. The molecule has 0 saturated heterocycles. The number of rotatable bonds is 5. The summed E-state index contributed by atoms with van der Waals surface area (Å²) in [4.78, 5) is 9.96. The second-order valence-corrected chi connectivity index (χ2v) is 6.54. The lowest BCUT2D eigenvalue weighted by atomic mass is 10.2. The number of nitrogens with zero attached hydrogens (tertiary/aromatic N) is 1. The van der Waals surface area contributed by atoms with Crippen LogP contribution in [0.15, 0.2) is 42.5 Å². The molecule has 0 atom stereocenters. The fourth-order valence-corrected chi connectivity index (χ4v) is 3.08. The van der Waals surface area contributed by atoms with E-state index in [1.165, 1.54) is 30.3 Å². The lowest BCUT2D eigenvalue weighted by molar-refractivity contribution is -0.384. The third-order valence-electron chi connectivity index (χ3n) is 2.70. The van der Waals surface area contributed by atoms with E-state index >= 15 is 0 Å². The maximum Gasteiger partial charge on any atom is 0.269 e. The molecule has 0 aliphatic heterocycles. The first kappa shape index (κ1) is 16.2. The van der Waals surface area contributed by atoms with E-state index in [-0.39, 0.29) is 22.2 Å². The van der Waals surface area contributed by atoms with Crippen LogP contribution in [0.3, 0.4) is 0 Å². The maximum absolute atomic E-state index is 13.0. The van der Waals surface area contributed by atoms with Gasteiger partial charge in [0.1, 0.15) is 5.82 Å². The van der Waals surface area contributed by atoms with Crippen molar-refractivity contribution in [3.63, 3.8) is 0 Å². The number of nitro benzene ring substituents is 1. The molecule has 0 aliphatic rings. The molecule has 0 aromatic heterocycles. The standard InChI is InChI=1S/C13H10ClFN2O4S/c14-12-7-10(3-6-13(12)15)16-22(20,21)8-9-1-4-11(5-2-9)17(18)19/h1-7,16H,8H2. The normalized spacial score (nSPS) is 11.2. The van der Waals surface area contributed by atoms with Gasteiger partial charge in [-0.2, -0.15) is 0 Å². The molecule has 22 heavy (non-hydrogen) atoms. The number of non-ortho nitro benzene ring substituents is 1. The number of hydrogen-bond donors (Lipinski definition) is 1. The van der Waals surface area contributed by atoms with Gasteiger partial charge in [0.2, 0.25) is 10.0 Å². The number of anilines is 1. The topological polar surface area (TPSA) is 89.3 Å². The summed E-state index contributed by atoms with van der Waals surface area (Å²) in [5.41, 5.74) is 0.388. The van der Waals surface area contributed by atoms with E-state index in [9.17, 15) is 22.9 Å². The number of benzene rings is 2. The Labute approximate surface area is 130 Å². The van der Waals surface area contributed by atoms with Crippen molar-refractivity contribution in [2.24, 2.45) is 0 Å². The lowest BCUT2D eigenvalue weighted by Crippen LogP contribution is -2.15. The summed E-state index contributed by atoms with van der Waals surface area (Å²) < 4.78 is 39.3. The van der Waals surface area contributed by atoms with Gasteiger partial charge in [-0.3, -0.25) is 14.8 Å². The van der Waals surface area contributed by atoms with Crippen molar-refractivity contribution in [1.29, 1.82) is 0 Å². The van der Waals surface area contributed by atoms with Crippen LogP contribution in [0.2, 0.25) is 5.02 Å². The second-order valence-electron chi connectivity index (χ2n) is 4.41. The van der Waals surface area contributed by atoms with Gasteiger partial charge >= 0.3 is 0 Å². The Morgan fingerprint density at radius 3 is 2.36 bits per heavy atom. The minimum Gasteiger partial charge on any atom is -0.283 e. The molecule has 2 aromatic rings. The largest absolute Gasteiger partial charge is 0.283 e. The van der Waals surface area contributed by atoms with Gasteiger partial charge in [0.25, 0.3) is 5.69 Å². The SMILES string of the molecule is O=[N+]([O-])c1ccc(CS(=O)(=O)Nc2ccc(F)c(Cl)c2)cc1. The Bertz CT molecular complexity index is 809. The lowest BCUT2D eigenvalue weighted by Gasteiger charge is -2.08. The molecule has 0 heterocycles. The summed E-state index contributed by atoms with van der Waals surface area (Å²) >= 11 is 5.58. The third-order valence-corrected chi connectivity index (χ3v) is 4.25. The quantitative estimate of drug-likeness (QED) is 0.665. The monoisotopic (exact) mass is 344 g/mol. The molecule has 0 fully saturated rings. The van der Waals surface area contributed by atoms with Crippen LogP contribution in [0, 0.1) is 15.9 Å². The molecule has 116 valence electrons. The number of hydrogen-bond acceptors (Lipinski definition) is 4. The molecule has 6 nitrogen and oxygen atoms in total. The Kier molecular flexibility index (Phi) is 4.62. The van der Waals surface area contributed by atoms with Gasteiger partial charge in [0.15, 0.2) is 0 Å². The van der Waals surface area contributed by atoms with Crippen molar-refractivity contribution < 1.29 is 17.7 Å². The summed E-state index contributed by atoms with van der Waals surface area (Å²) in [6.45, 7) is 0. The van der Waals surface area contributed by atoms with Crippen LogP contribution < -0.4 is 4.72 Å². The molecular weight excluding hydrogens is 335 g/mol. The van der Waals surface area contributed by atoms with Crippen LogP contribution in [0.5, 0.6) is 0 Å². The van der Waals surface area contributed by atoms with Gasteiger partial charge in [-0.25, -0.2) is 12.8 Å². The van der Waals surface area contributed by atoms with Gasteiger partial charge in [-0.15, -0.1) is 0 Å². The van der Waals surface area contributed by atoms with Crippen LogP contribution in [0.1, 0.15) is 5.56 Å². The molecule has 9 heteroatoms. The van der Waals surface area contributed by atoms with E-state index in [0.29, 0.717) is 5.56 Å². The predicted octanol–water partition coefficient (Wildman–Crippen LogP) is 3.33. The third kappa shape index (κ3) is 4.15. The second kappa shape index (κ2) is 6.29. The van der Waals surface area contributed by atoms with Crippen molar-refractivity contribution in [1.82, 2.24) is 0 Å². The van der Waals surface area contributed by atoms with E-state index in [1.54, 1.807) is 0 Å². The van der Waals surface area contributed by atoms with Gasteiger partial charge in [0, 0.05) is 12.1 Å². The zero-order valence-electron chi connectivity index (χ0n) is 11.0. The van der Waals surface area contributed by atoms with Crippen molar-refractivity contribution in [2.45, 2.75) is 5.75 Å². The van der Waals surface area contributed by atoms with Gasteiger partial charge < -0.3 is 0 Å². The highest BCUT2D eigenvalue weighted by Gasteiger charge is 2.14. The number of nitrogens with one attached hydrogen (secondary N) is 1. The highest BCUT2D eigenvalue weighted by Crippen LogP contribution is 2.21. The first-order valence-corrected chi connectivity index (χ1v) is 7.99. The van der Waals surface area contributed by atoms with E-state index < -0.39 is 20.8 Å². The Morgan fingerprint density at radius 1 is 1.18 bits per heavy atom. The minimum atomic E-state index is -3.75. The highest BCUT2D eigenvalue weighted by molar-refractivity contribution is 7.91. The van der Waals surface area contributed by atoms with Crippen molar-refractivity contribution in [3.8, 4) is 0 Å². The zero-order chi connectivity index (χ0) is 16.3. The van der Waals surface area contributed by atoms with E-state index in [4.69, 9.17) is 11.6 Å².